The summed E-state index contributed by atoms with van der Waals surface area (Å²) in [5.74, 6) is 0.949. The maximum absolute atomic E-state index is 14.9. The number of hydrogen-bond acceptors (Lipinski definition) is 6. The average molecular weight is 667 g/mol. The third-order valence-electron chi connectivity index (χ3n) is 8.09. The molecule has 0 fully saturated rings. The molecule has 0 amide bonds. The quantitative estimate of drug-likeness (QED) is 0.121. The van der Waals surface area contributed by atoms with Gasteiger partial charge in [0, 0.05) is 16.7 Å². The maximum atomic E-state index is 14.9. The Morgan fingerprint density at radius 2 is 0.549 bits per heavy atom. The molecule has 0 saturated carbocycles. The van der Waals surface area contributed by atoms with Crippen LogP contribution in [0.5, 0.6) is 34.5 Å². The van der Waals surface area contributed by atoms with E-state index in [0.29, 0.717) is 28.7 Å². The first-order valence-corrected chi connectivity index (χ1v) is 16.3. The number of carbonyl (C=O) groups excluding carboxylic acids is 3. The molecule has 0 unspecified atom stereocenters. The number of ketones is 3. The Morgan fingerprint density at radius 1 is 0.275 bits per heavy atom. The van der Waals surface area contributed by atoms with Gasteiger partial charge in [0.25, 0.3) is 0 Å². The summed E-state index contributed by atoms with van der Waals surface area (Å²) < 4.78 is 18.4. The molecule has 0 N–H and O–H groups in total. The largest absolute Gasteiger partial charge is 0.457 e. The Labute approximate surface area is 295 Å². The standard InChI is InChI=1S/C45H30O6/c46-43(34-23-10-13-28-39(34)49-31-17-4-1-5-18-31)37-26-16-27-38(44(47)35-24-11-14-29-40(35)50-32-19-6-2-7-20-32)42(37)45(48)36-25-12-15-30-41(36)51-33-21-8-3-9-22-33/h1-30H. The highest BCUT2D eigenvalue weighted by molar-refractivity contribution is 6.26. The summed E-state index contributed by atoms with van der Waals surface area (Å²) >= 11 is 0. The smallest absolute Gasteiger partial charge is 0.198 e. The van der Waals surface area contributed by atoms with Crippen molar-refractivity contribution in [1.82, 2.24) is 0 Å². The van der Waals surface area contributed by atoms with Crippen molar-refractivity contribution in [2.24, 2.45) is 0 Å². The molecule has 0 saturated heterocycles. The van der Waals surface area contributed by atoms with Crippen molar-refractivity contribution in [3.63, 3.8) is 0 Å². The van der Waals surface area contributed by atoms with Crippen molar-refractivity contribution in [1.29, 1.82) is 0 Å². The van der Waals surface area contributed by atoms with E-state index in [0.717, 1.165) is 0 Å². The molecule has 0 atom stereocenters. The third kappa shape index (κ3) is 7.21. The molecule has 0 aliphatic heterocycles. The Balaban J connectivity index is 1.37. The molecule has 246 valence electrons. The predicted octanol–water partition coefficient (Wildman–Crippen LogP) is 10.8. The van der Waals surface area contributed by atoms with Gasteiger partial charge < -0.3 is 14.2 Å². The van der Waals surface area contributed by atoms with E-state index < -0.39 is 17.3 Å². The molecule has 0 aromatic heterocycles. The summed E-state index contributed by atoms with van der Waals surface area (Å²) in [7, 11) is 0. The molecule has 0 bridgehead atoms. The van der Waals surface area contributed by atoms with Gasteiger partial charge >= 0.3 is 0 Å². The van der Waals surface area contributed by atoms with Crippen LogP contribution in [0.15, 0.2) is 182 Å². The molecule has 0 heterocycles. The van der Waals surface area contributed by atoms with Crippen LogP contribution in [0, 0.1) is 0 Å². The highest BCUT2D eigenvalue weighted by Crippen LogP contribution is 2.35. The first-order chi connectivity index (χ1) is 25.1. The van der Waals surface area contributed by atoms with Gasteiger partial charge in [0.2, 0.25) is 0 Å². The topological polar surface area (TPSA) is 78.9 Å². The lowest BCUT2D eigenvalue weighted by Gasteiger charge is -2.17. The van der Waals surface area contributed by atoms with Gasteiger partial charge in [-0.1, -0.05) is 109 Å². The first kappa shape index (κ1) is 32.5. The molecule has 0 radical (unpaired) electrons. The van der Waals surface area contributed by atoms with Crippen molar-refractivity contribution in [3.05, 3.63) is 215 Å². The minimum atomic E-state index is -0.559. The number of hydrogen-bond donors (Lipinski definition) is 0. The van der Waals surface area contributed by atoms with Crippen LogP contribution < -0.4 is 14.2 Å². The van der Waals surface area contributed by atoms with Gasteiger partial charge in [-0.15, -0.1) is 0 Å². The molecule has 0 aliphatic carbocycles. The second kappa shape index (κ2) is 15.0. The highest BCUT2D eigenvalue weighted by Gasteiger charge is 2.30. The van der Waals surface area contributed by atoms with Gasteiger partial charge in [-0.2, -0.15) is 0 Å². The molecule has 7 aromatic rings. The van der Waals surface area contributed by atoms with E-state index in [1.807, 2.05) is 54.6 Å². The SMILES string of the molecule is O=C(c1ccccc1Oc1ccccc1)c1cccc(C(=O)c2ccccc2Oc2ccccc2)c1C(=O)c1ccccc1Oc1ccccc1. The maximum Gasteiger partial charge on any atom is 0.198 e. The van der Waals surface area contributed by atoms with Crippen LogP contribution in [0.25, 0.3) is 0 Å². The van der Waals surface area contributed by atoms with Gasteiger partial charge in [0.05, 0.1) is 16.7 Å². The molecular formula is C45H30O6. The summed E-state index contributed by atoms with van der Waals surface area (Å²) in [6.07, 6.45) is 0. The average Bonchev–Trinajstić information content (AvgIpc) is 3.19. The normalized spacial score (nSPS) is 10.6. The lowest BCUT2D eigenvalue weighted by atomic mass is 9.86. The summed E-state index contributed by atoms with van der Waals surface area (Å²) in [5.41, 5.74) is 0.624. The van der Waals surface area contributed by atoms with E-state index >= 15 is 0 Å². The lowest BCUT2D eigenvalue weighted by Crippen LogP contribution is -2.18. The Bertz CT molecular complexity index is 2220. The minimum Gasteiger partial charge on any atom is -0.457 e. The van der Waals surface area contributed by atoms with Gasteiger partial charge in [0.15, 0.2) is 17.3 Å². The molecule has 7 rings (SSSR count). The zero-order valence-corrected chi connectivity index (χ0v) is 27.3. The summed E-state index contributed by atoms with van der Waals surface area (Å²) in [4.78, 5) is 44.1. The van der Waals surface area contributed by atoms with Crippen molar-refractivity contribution in [2.45, 2.75) is 0 Å². The number of benzene rings is 7. The van der Waals surface area contributed by atoms with Crippen molar-refractivity contribution >= 4 is 17.3 Å². The summed E-state index contributed by atoms with van der Waals surface area (Å²) in [6, 6.07) is 52.4. The van der Waals surface area contributed by atoms with E-state index in [4.69, 9.17) is 14.2 Å². The van der Waals surface area contributed by atoms with Crippen LogP contribution in [-0.2, 0) is 0 Å². The van der Waals surface area contributed by atoms with Crippen LogP contribution in [-0.4, -0.2) is 17.3 Å². The third-order valence-corrected chi connectivity index (χ3v) is 8.09. The highest BCUT2D eigenvalue weighted by atomic mass is 16.5. The molecule has 6 nitrogen and oxygen atoms in total. The number of para-hydroxylation sites is 6. The van der Waals surface area contributed by atoms with E-state index in [-0.39, 0.29) is 39.1 Å². The second-order valence-corrected chi connectivity index (χ2v) is 11.4. The van der Waals surface area contributed by atoms with E-state index in [9.17, 15) is 14.4 Å². The van der Waals surface area contributed by atoms with Crippen LogP contribution in [0.1, 0.15) is 47.8 Å². The monoisotopic (exact) mass is 666 g/mol. The Hall–Kier alpha value is -7.05. The first-order valence-electron chi connectivity index (χ1n) is 16.3. The number of ether oxygens (including phenoxy) is 3. The molecule has 0 aliphatic rings. The summed E-state index contributed by atoms with van der Waals surface area (Å²) in [5, 5.41) is 0. The zero-order valence-electron chi connectivity index (χ0n) is 27.3. The van der Waals surface area contributed by atoms with Gasteiger partial charge in [-0.25, -0.2) is 0 Å². The Kier molecular flexibility index (Phi) is 9.57. The molecule has 7 aromatic carbocycles. The fraction of sp³-hybridized carbons (Fsp3) is 0. The fourth-order valence-electron chi connectivity index (χ4n) is 5.68. The van der Waals surface area contributed by atoms with Crippen molar-refractivity contribution < 1.29 is 28.6 Å². The molecular weight excluding hydrogens is 636 g/mol. The second-order valence-electron chi connectivity index (χ2n) is 11.4. The predicted molar refractivity (Wildman–Crippen MR) is 196 cm³/mol. The van der Waals surface area contributed by atoms with Crippen molar-refractivity contribution in [2.75, 3.05) is 0 Å². The van der Waals surface area contributed by atoms with Gasteiger partial charge in [0.1, 0.15) is 34.5 Å². The summed E-state index contributed by atoms with van der Waals surface area (Å²) in [6.45, 7) is 0. The van der Waals surface area contributed by atoms with Gasteiger partial charge in [-0.3, -0.25) is 14.4 Å². The lowest BCUT2D eigenvalue weighted by molar-refractivity contribution is 0.0988. The van der Waals surface area contributed by atoms with E-state index in [1.165, 1.54) is 0 Å². The van der Waals surface area contributed by atoms with Crippen molar-refractivity contribution in [3.8, 4) is 34.5 Å². The molecule has 0 spiro atoms. The fourth-order valence-corrected chi connectivity index (χ4v) is 5.68. The van der Waals surface area contributed by atoms with Crippen LogP contribution in [0.2, 0.25) is 0 Å². The van der Waals surface area contributed by atoms with Gasteiger partial charge in [-0.05, 0) is 72.8 Å². The minimum absolute atomic E-state index is 0.0333. The molecule has 51 heavy (non-hydrogen) atoms. The van der Waals surface area contributed by atoms with E-state index in [2.05, 4.69) is 0 Å². The number of carbonyl (C=O) groups is 3. The van der Waals surface area contributed by atoms with Crippen LogP contribution in [0.3, 0.4) is 0 Å². The van der Waals surface area contributed by atoms with E-state index in [1.54, 1.807) is 127 Å². The van der Waals surface area contributed by atoms with Crippen LogP contribution >= 0.6 is 0 Å². The number of rotatable bonds is 12. The van der Waals surface area contributed by atoms with Crippen LogP contribution in [0.4, 0.5) is 0 Å². The molecule has 6 heteroatoms. The zero-order chi connectivity index (χ0) is 35.0. The Morgan fingerprint density at radius 3 is 0.902 bits per heavy atom.